The number of rotatable bonds is 6. The van der Waals surface area contributed by atoms with Gasteiger partial charge in [-0.05, 0) is 52.3 Å². The Labute approximate surface area is 132 Å². The highest BCUT2D eigenvalue weighted by Gasteiger charge is 2.08. The van der Waals surface area contributed by atoms with Crippen LogP contribution in [0.4, 0.5) is 5.69 Å². The maximum atomic E-state index is 12.1. The summed E-state index contributed by atoms with van der Waals surface area (Å²) in [5.41, 5.74) is 1.31. The van der Waals surface area contributed by atoms with Crippen molar-refractivity contribution < 1.29 is 14.3 Å². The topological polar surface area (TPSA) is 47.6 Å². The summed E-state index contributed by atoms with van der Waals surface area (Å²) in [4.78, 5) is 12.1. The molecular formula is C16H16BrNO3. The summed E-state index contributed by atoms with van der Waals surface area (Å²) in [5, 5.41) is 2.85. The van der Waals surface area contributed by atoms with Gasteiger partial charge in [0.25, 0.3) is 5.91 Å². The second-order valence-electron chi connectivity index (χ2n) is 4.30. The Hall–Kier alpha value is -1.85. The normalized spacial score (nSPS) is 10.2. The molecule has 0 aliphatic heterocycles. The molecule has 0 saturated heterocycles. The first-order valence-electron chi connectivity index (χ1n) is 6.48. The zero-order valence-corrected chi connectivity index (χ0v) is 13.2. The van der Waals surface area contributed by atoms with Gasteiger partial charge < -0.3 is 14.8 Å². The van der Waals surface area contributed by atoms with Crippen molar-refractivity contribution in [3.8, 4) is 5.75 Å². The van der Waals surface area contributed by atoms with E-state index < -0.39 is 0 Å². The van der Waals surface area contributed by atoms with E-state index in [1.54, 1.807) is 31.4 Å². The van der Waals surface area contributed by atoms with Crippen LogP contribution in [0.25, 0.3) is 0 Å². The number of amides is 1. The SMILES string of the molecule is COCCOc1ccc(C(=O)Nc2ccccc2Br)cc1. The molecular weight excluding hydrogens is 334 g/mol. The summed E-state index contributed by atoms with van der Waals surface area (Å²) >= 11 is 3.40. The third kappa shape index (κ3) is 4.58. The fourth-order valence-corrected chi connectivity index (χ4v) is 2.09. The van der Waals surface area contributed by atoms with Gasteiger partial charge in [-0.2, -0.15) is 0 Å². The first kappa shape index (κ1) is 15.5. The number of nitrogens with one attached hydrogen (secondary N) is 1. The van der Waals surface area contributed by atoms with E-state index in [2.05, 4.69) is 21.2 Å². The molecule has 0 saturated carbocycles. The Morgan fingerprint density at radius 1 is 1.10 bits per heavy atom. The van der Waals surface area contributed by atoms with Gasteiger partial charge in [0.2, 0.25) is 0 Å². The molecule has 1 N–H and O–H groups in total. The van der Waals surface area contributed by atoms with Crippen LogP contribution in [0.3, 0.4) is 0 Å². The molecule has 0 fully saturated rings. The van der Waals surface area contributed by atoms with Crippen molar-refractivity contribution in [2.75, 3.05) is 25.6 Å². The largest absolute Gasteiger partial charge is 0.491 e. The molecule has 4 nitrogen and oxygen atoms in total. The number of halogens is 1. The molecule has 21 heavy (non-hydrogen) atoms. The molecule has 5 heteroatoms. The minimum atomic E-state index is -0.162. The van der Waals surface area contributed by atoms with E-state index >= 15 is 0 Å². The number of hydrogen-bond donors (Lipinski definition) is 1. The van der Waals surface area contributed by atoms with Crippen LogP contribution >= 0.6 is 15.9 Å². The second-order valence-corrected chi connectivity index (χ2v) is 5.15. The van der Waals surface area contributed by atoms with Gasteiger partial charge in [-0.15, -0.1) is 0 Å². The van der Waals surface area contributed by atoms with Gasteiger partial charge in [0.1, 0.15) is 12.4 Å². The zero-order chi connectivity index (χ0) is 15.1. The van der Waals surface area contributed by atoms with Gasteiger partial charge >= 0.3 is 0 Å². The smallest absolute Gasteiger partial charge is 0.255 e. The molecule has 0 atom stereocenters. The van der Waals surface area contributed by atoms with E-state index in [1.807, 2.05) is 24.3 Å². The van der Waals surface area contributed by atoms with Gasteiger partial charge in [0.15, 0.2) is 0 Å². The summed E-state index contributed by atoms with van der Waals surface area (Å²) in [6.07, 6.45) is 0. The summed E-state index contributed by atoms with van der Waals surface area (Å²) in [6, 6.07) is 14.5. The minimum Gasteiger partial charge on any atom is -0.491 e. The van der Waals surface area contributed by atoms with E-state index in [1.165, 1.54) is 0 Å². The van der Waals surface area contributed by atoms with Crippen LogP contribution in [0, 0.1) is 0 Å². The van der Waals surface area contributed by atoms with Crippen LogP contribution in [0.15, 0.2) is 53.0 Å². The van der Waals surface area contributed by atoms with Crippen LogP contribution < -0.4 is 10.1 Å². The van der Waals surface area contributed by atoms with Crippen molar-refractivity contribution in [2.45, 2.75) is 0 Å². The molecule has 0 radical (unpaired) electrons. The van der Waals surface area contributed by atoms with Crippen molar-refractivity contribution in [2.24, 2.45) is 0 Å². The van der Waals surface area contributed by atoms with Crippen molar-refractivity contribution in [3.05, 3.63) is 58.6 Å². The van der Waals surface area contributed by atoms with E-state index in [-0.39, 0.29) is 5.91 Å². The number of ether oxygens (including phenoxy) is 2. The molecule has 2 aromatic carbocycles. The lowest BCUT2D eigenvalue weighted by Crippen LogP contribution is -2.12. The quantitative estimate of drug-likeness (QED) is 0.808. The van der Waals surface area contributed by atoms with E-state index in [0.29, 0.717) is 24.5 Å². The minimum absolute atomic E-state index is 0.162. The van der Waals surface area contributed by atoms with Gasteiger partial charge in [-0.25, -0.2) is 0 Å². The van der Waals surface area contributed by atoms with Crippen LogP contribution in [0.1, 0.15) is 10.4 Å². The number of benzene rings is 2. The second kappa shape index (κ2) is 7.81. The maximum absolute atomic E-state index is 12.1. The first-order chi connectivity index (χ1) is 10.2. The Balaban J connectivity index is 1.98. The monoisotopic (exact) mass is 349 g/mol. The Bertz CT molecular complexity index is 599. The lowest BCUT2D eigenvalue weighted by atomic mass is 10.2. The van der Waals surface area contributed by atoms with Crippen molar-refractivity contribution in [1.82, 2.24) is 0 Å². The van der Waals surface area contributed by atoms with Crippen LogP contribution in [-0.4, -0.2) is 26.2 Å². The molecule has 0 bridgehead atoms. The molecule has 0 spiro atoms. The predicted molar refractivity (Wildman–Crippen MR) is 85.9 cm³/mol. The van der Waals surface area contributed by atoms with Gasteiger partial charge in [-0.1, -0.05) is 12.1 Å². The number of para-hydroxylation sites is 1. The van der Waals surface area contributed by atoms with Gasteiger partial charge in [0, 0.05) is 17.1 Å². The summed E-state index contributed by atoms with van der Waals surface area (Å²) in [6.45, 7) is 1.02. The maximum Gasteiger partial charge on any atom is 0.255 e. The van der Waals surface area contributed by atoms with E-state index in [9.17, 15) is 4.79 Å². The predicted octanol–water partition coefficient (Wildman–Crippen LogP) is 3.73. The fraction of sp³-hybridized carbons (Fsp3) is 0.188. The third-order valence-electron chi connectivity index (χ3n) is 2.79. The van der Waals surface area contributed by atoms with E-state index in [0.717, 1.165) is 10.2 Å². The number of hydrogen-bond acceptors (Lipinski definition) is 3. The van der Waals surface area contributed by atoms with Crippen LogP contribution in [-0.2, 0) is 4.74 Å². The van der Waals surface area contributed by atoms with E-state index in [4.69, 9.17) is 9.47 Å². The van der Waals surface area contributed by atoms with Crippen LogP contribution in [0.5, 0.6) is 5.75 Å². The lowest BCUT2D eigenvalue weighted by molar-refractivity contribution is 0.102. The Morgan fingerprint density at radius 3 is 2.48 bits per heavy atom. The highest BCUT2D eigenvalue weighted by atomic mass is 79.9. The Kier molecular flexibility index (Phi) is 5.78. The molecule has 0 aliphatic rings. The number of carbonyl (C=O) groups excluding carboxylic acids is 1. The highest BCUT2D eigenvalue weighted by Crippen LogP contribution is 2.22. The summed E-state index contributed by atoms with van der Waals surface area (Å²) in [5.74, 6) is 0.551. The third-order valence-corrected chi connectivity index (χ3v) is 3.49. The lowest BCUT2D eigenvalue weighted by Gasteiger charge is -2.08. The molecule has 1 amide bonds. The van der Waals surface area contributed by atoms with Crippen molar-refractivity contribution in [3.63, 3.8) is 0 Å². The molecule has 0 aromatic heterocycles. The molecule has 2 rings (SSSR count). The molecule has 2 aromatic rings. The number of methoxy groups -OCH3 is 1. The zero-order valence-electron chi connectivity index (χ0n) is 11.6. The average Bonchev–Trinajstić information content (AvgIpc) is 2.50. The van der Waals surface area contributed by atoms with Crippen LogP contribution in [0.2, 0.25) is 0 Å². The molecule has 0 heterocycles. The number of anilines is 1. The standard InChI is InChI=1S/C16H16BrNO3/c1-20-10-11-21-13-8-6-12(7-9-13)16(19)18-15-5-3-2-4-14(15)17/h2-9H,10-11H2,1H3,(H,18,19). The summed E-state index contributed by atoms with van der Waals surface area (Å²) < 4.78 is 11.2. The molecule has 0 unspecified atom stereocenters. The molecule has 0 aliphatic carbocycles. The fourth-order valence-electron chi connectivity index (χ4n) is 1.70. The van der Waals surface area contributed by atoms with Gasteiger partial charge in [0.05, 0.1) is 12.3 Å². The van der Waals surface area contributed by atoms with Crippen molar-refractivity contribution in [1.29, 1.82) is 0 Å². The van der Waals surface area contributed by atoms with Crippen molar-refractivity contribution >= 4 is 27.5 Å². The Morgan fingerprint density at radius 2 is 1.81 bits per heavy atom. The van der Waals surface area contributed by atoms with Gasteiger partial charge in [-0.3, -0.25) is 4.79 Å². The average molecular weight is 350 g/mol. The first-order valence-corrected chi connectivity index (χ1v) is 7.27. The highest BCUT2D eigenvalue weighted by molar-refractivity contribution is 9.10. The molecule has 110 valence electrons. The summed E-state index contributed by atoms with van der Waals surface area (Å²) in [7, 11) is 1.62. The number of carbonyl (C=O) groups is 1.